The molecule has 6 nitrogen and oxygen atoms in total. The molecule has 0 heterocycles. The highest BCUT2D eigenvalue weighted by Gasteiger charge is 2.11. The van der Waals surface area contributed by atoms with Gasteiger partial charge in [0.15, 0.2) is 0 Å². The Morgan fingerprint density at radius 3 is 2.45 bits per heavy atom. The highest BCUT2D eigenvalue weighted by Crippen LogP contribution is 2.19. The summed E-state index contributed by atoms with van der Waals surface area (Å²) in [6, 6.07) is 20.7. The van der Waals surface area contributed by atoms with Crippen LogP contribution in [0.3, 0.4) is 0 Å². The van der Waals surface area contributed by atoms with Crippen molar-refractivity contribution in [2.45, 2.75) is 0 Å². The summed E-state index contributed by atoms with van der Waals surface area (Å²) in [5.74, 6) is 0.155. The first kappa shape index (κ1) is 20.5. The SMILES string of the molecule is COc1ccc(C(=O)Oc2ccccc2/C=N\NC(=O)c2cccc(I)c2)cc1. The lowest BCUT2D eigenvalue weighted by atomic mass is 10.2. The molecule has 0 radical (unpaired) electrons. The number of hydrogen-bond donors (Lipinski definition) is 1. The zero-order chi connectivity index (χ0) is 20.6. The van der Waals surface area contributed by atoms with Gasteiger partial charge in [0.25, 0.3) is 5.91 Å². The molecule has 146 valence electrons. The average molecular weight is 500 g/mol. The molecule has 0 aromatic heterocycles. The van der Waals surface area contributed by atoms with Gasteiger partial charge < -0.3 is 9.47 Å². The number of amides is 1. The van der Waals surface area contributed by atoms with Gasteiger partial charge in [0, 0.05) is 14.7 Å². The van der Waals surface area contributed by atoms with Crippen LogP contribution in [0.1, 0.15) is 26.3 Å². The van der Waals surface area contributed by atoms with E-state index in [-0.39, 0.29) is 5.91 Å². The van der Waals surface area contributed by atoms with Crippen LogP contribution in [0.25, 0.3) is 0 Å². The van der Waals surface area contributed by atoms with E-state index in [1.54, 1.807) is 73.8 Å². The van der Waals surface area contributed by atoms with Crippen molar-refractivity contribution in [3.63, 3.8) is 0 Å². The minimum Gasteiger partial charge on any atom is -0.497 e. The summed E-state index contributed by atoms with van der Waals surface area (Å²) in [6.07, 6.45) is 1.43. The summed E-state index contributed by atoms with van der Waals surface area (Å²) in [5, 5.41) is 3.98. The van der Waals surface area contributed by atoms with Crippen LogP contribution in [0.4, 0.5) is 0 Å². The standard InChI is InChI=1S/C22H17IN2O4/c1-28-19-11-9-15(10-12-19)22(27)29-20-8-3-2-5-17(20)14-24-25-21(26)16-6-4-7-18(23)13-16/h2-14H,1H3,(H,25,26)/b24-14-. The minimum atomic E-state index is -0.503. The quantitative estimate of drug-likeness (QED) is 0.180. The molecule has 0 aliphatic rings. The first-order valence-electron chi connectivity index (χ1n) is 8.61. The van der Waals surface area contributed by atoms with Gasteiger partial charge in [0.2, 0.25) is 0 Å². The lowest BCUT2D eigenvalue weighted by molar-refractivity contribution is 0.0734. The number of ether oxygens (including phenoxy) is 2. The molecular formula is C22H17IN2O4. The van der Waals surface area contributed by atoms with Crippen LogP contribution in [0.2, 0.25) is 0 Å². The van der Waals surface area contributed by atoms with Gasteiger partial charge in [-0.2, -0.15) is 5.10 Å². The Balaban J connectivity index is 1.68. The number of carbonyl (C=O) groups is 2. The zero-order valence-corrected chi connectivity index (χ0v) is 17.6. The number of rotatable bonds is 6. The van der Waals surface area contributed by atoms with E-state index in [2.05, 4.69) is 33.1 Å². The number of esters is 1. The Morgan fingerprint density at radius 1 is 0.966 bits per heavy atom. The maximum Gasteiger partial charge on any atom is 0.343 e. The van der Waals surface area contributed by atoms with E-state index in [0.717, 1.165) is 3.57 Å². The van der Waals surface area contributed by atoms with Gasteiger partial charge in [0.1, 0.15) is 11.5 Å². The predicted octanol–water partition coefficient (Wildman–Crippen LogP) is 4.28. The number of para-hydroxylation sites is 1. The molecule has 3 aromatic rings. The molecule has 1 amide bonds. The first-order valence-corrected chi connectivity index (χ1v) is 9.69. The lowest BCUT2D eigenvalue weighted by Gasteiger charge is -2.08. The van der Waals surface area contributed by atoms with Crippen molar-refractivity contribution in [1.29, 1.82) is 0 Å². The van der Waals surface area contributed by atoms with Crippen molar-refractivity contribution in [1.82, 2.24) is 5.43 Å². The maximum absolute atomic E-state index is 12.4. The number of hydrogen-bond acceptors (Lipinski definition) is 5. The second-order valence-corrected chi connectivity index (χ2v) is 7.11. The van der Waals surface area contributed by atoms with Crippen LogP contribution in [0, 0.1) is 3.57 Å². The van der Waals surface area contributed by atoms with E-state index in [4.69, 9.17) is 9.47 Å². The minimum absolute atomic E-state index is 0.326. The second kappa shape index (κ2) is 9.83. The number of nitrogens with one attached hydrogen (secondary N) is 1. The lowest BCUT2D eigenvalue weighted by Crippen LogP contribution is -2.17. The number of nitrogens with zero attached hydrogens (tertiary/aromatic N) is 1. The molecule has 1 N–H and O–H groups in total. The van der Waals surface area contributed by atoms with Gasteiger partial charge in [-0.1, -0.05) is 18.2 Å². The Hall–Kier alpha value is -3.20. The highest BCUT2D eigenvalue weighted by atomic mass is 127. The summed E-state index contributed by atoms with van der Waals surface area (Å²) in [5.41, 5.74) is 3.93. The fourth-order valence-electron chi connectivity index (χ4n) is 2.42. The molecule has 29 heavy (non-hydrogen) atoms. The Morgan fingerprint density at radius 2 is 1.72 bits per heavy atom. The van der Waals surface area contributed by atoms with Crippen LogP contribution < -0.4 is 14.9 Å². The highest BCUT2D eigenvalue weighted by molar-refractivity contribution is 14.1. The number of benzene rings is 3. The molecule has 0 aliphatic carbocycles. The summed E-state index contributed by atoms with van der Waals surface area (Å²) < 4.78 is 11.5. The van der Waals surface area contributed by atoms with Crippen molar-refractivity contribution in [2.24, 2.45) is 5.10 Å². The van der Waals surface area contributed by atoms with Crippen LogP contribution in [-0.2, 0) is 0 Å². The van der Waals surface area contributed by atoms with Crippen molar-refractivity contribution in [2.75, 3.05) is 7.11 Å². The van der Waals surface area contributed by atoms with E-state index in [9.17, 15) is 9.59 Å². The summed E-state index contributed by atoms with van der Waals surface area (Å²) in [7, 11) is 1.56. The third kappa shape index (κ3) is 5.64. The molecule has 3 aromatic carbocycles. The summed E-state index contributed by atoms with van der Waals surface area (Å²) in [4.78, 5) is 24.6. The van der Waals surface area contributed by atoms with Crippen molar-refractivity contribution in [3.05, 3.63) is 93.1 Å². The normalized spacial score (nSPS) is 10.6. The van der Waals surface area contributed by atoms with E-state index in [1.807, 2.05) is 6.07 Å². The van der Waals surface area contributed by atoms with E-state index >= 15 is 0 Å². The van der Waals surface area contributed by atoms with Gasteiger partial charge in [0.05, 0.1) is 18.9 Å². The van der Waals surface area contributed by atoms with Crippen LogP contribution in [0.15, 0.2) is 77.9 Å². The predicted molar refractivity (Wildman–Crippen MR) is 119 cm³/mol. The molecule has 0 fully saturated rings. The van der Waals surface area contributed by atoms with Gasteiger partial charge in [-0.05, 0) is 77.2 Å². The van der Waals surface area contributed by atoms with Crippen molar-refractivity contribution < 1.29 is 19.1 Å². The van der Waals surface area contributed by atoms with E-state index < -0.39 is 5.97 Å². The van der Waals surface area contributed by atoms with Crippen LogP contribution in [0.5, 0.6) is 11.5 Å². The average Bonchev–Trinajstić information content (AvgIpc) is 2.75. The Bertz CT molecular complexity index is 1050. The van der Waals surface area contributed by atoms with Gasteiger partial charge in [-0.3, -0.25) is 4.79 Å². The number of methoxy groups -OCH3 is 1. The molecule has 0 saturated carbocycles. The van der Waals surface area contributed by atoms with Crippen LogP contribution in [-0.4, -0.2) is 25.2 Å². The van der Waals surface area contributed by atoms with E-state index in [0.29, 0.717) is 28.2 Å². The largest absolute Gasteiger partial charge is 0.497 e. The Kier molecular flexibility index (Phi) is 6.96. The van der Waals surface area contributed by atoms with E-state index in [1.165, 1.54) is 6.21 Å². The first-order chi connectivity index (χ1) is 14.1. The number of carbonyl (C=O) groups excluding carboxylic acids is 2. The molecule has 0 aliphatic heterocycles. The number of hydrazone groups is 1. The molecule has 0 unspecified atom stereocenters. The summed E-state index contributed by atoms with van der Waals surface area (Å²) in [6.45, 7) is 0. The molecule has 3 rings (SSSR count). The smallest absolute Gasteiger partial charge is 0.343 e. The third-order valence-electron chi connectivity index (χ3n) is 3.90. The van der Waals surface area contributed by atoms with Crippen molar-refractivity contribution in [3.8, 4) is 11.5 Å². The van der Waals surface area contributed by atoms with Gasteiger partial charge in [-0.15, -0.1) is 0 Å². The van der Waals surface area contributed by atoms with Gasteiger partial charge >= 0.3 is 5.97 Å². The fraction of sp³-hybridized carbons (Fsp3) is 0.0455. The van der Waals surface area contributed by atoms with Crippen LogP contribution >= 0.6 is 22.6 Å². The summed E-state index contributed by atoms with van der Waals surface area (Å²) >= 11 is 2.14. The Labute approximate surface area is 181 Å². The second-order valence-electron chi connectivity index (χ2n) is 5.87. The molecule has 0 atom stereocenters. The topological polar surface area (TPSA) is 77.0 Å². The molecule has 7 heteroatoms. The molecule has 0 saturated heterocycles. The molecule has 0 spiro atoms. The maximum atomic E-state index is 12.4. The number of halogens is 1. The molecule has 0 bridgehead atoms. The molecular weight excluding hydrogens is 483 g/mol. The fourth-order valence-corrected chi connectivity index (χ4v) is 2.96. The monoisotopic (exact) mass is 500 g/mol. The third-order valence-corrected chi connectivity index (χ3v) is 4.57. The van der Waals surface area contributed by atoms with Gasteiger partial charge in [-0.25, -0.2) is 10.2 Å². The van der Waals surface area contributed by atoms with Crippen molar-refractivity contribution >= 4 is 40.7 Å². The zero-order valence-electron chi connectivity index (χ0n) is 15.5.